The summed E-state index contributed by atoms with van der Waals surface area (Å²) < 4.78 is 5.85. The van der Waals surface area contributed by atoms with Crippen molar-refractivity contribution in [3.05, 3.63) is 53.3 Å². The predicted octanol–water partition coefficient (Wildman–Crippen LogP) is 2.73. The van der Waals surface area contributed by atoms with Gasteiger partial charge in [0.15, 0.2) is 0 Å². The van der Waals surface area contributed by atoms with Crippen molar-refractivity contribution < 1.29 is 14.6 Å². The minimum atomic E-state index is -0.211. The van der Waals surface area contributed by atoms with Gasteiger partial charge >= 0.3 is 0 Å². The van der Waals surface area contributed by atoms with Gasteiger partial charge in [0, 0.05) is 24.2 Å². The van der Waals surface area contributed by atoms with Crippen LogP contribution in [-0.2, 0) is 0 Å². The van der Waals surface area contributed by atoms with Crippen molar-refractivity contribution in [2.24, 2.45) is 0 Å². The molecule has 114 valence electrons. The highest BCUT2D eigenvalue weighted by Crippen LogP contribution is 2.24. The van der Waals surface area contributed by atoms with Gasteiger partial charge in [-0.1, -0.05) is 17.7 Å². The molecule has 0 saturated carbocycles. The molecule has 2 aromatic rings. The number of pyridine rings is 1. The number of carbonyl (C=O) groups is 1. The van der Waals surface area contributed by atoms with E-state index in [1.807, 2.05) is 12.1 Å². The zero-order valence-corrected chi connectivity index (χ0v) is 12.5. The molecule has 1 amide bonds. The predicted molar refractivity (Wildman–Crippen MR) is 82.3 cm³/mol. The molecule has 1 atom stereocenters. The van der Waals surface area contributed by atoms with Crippen LogP contribution in [0.3, 0.4) is 0 Å². The molecule has 1 fully saturated rings. The molecular weight excluding hydrogens is 304 g/mol. The lowest BCUT2D eigenvalue weighted by Crippen LogP contribution is -2.31. The molecule has 1 saturated heterocycles. The summed E-state index contributed by atoms with van der Waals surface area (Å²) in [5.74, 6) is 0.377. The number of likely N-dealkylation sites (tertiary alicyclic amines) is 1. The fraction of sp³-hybridized carbons (Fsp3) is 0.250. The standard InChI is InChI=1S/C16H15ClN2O3/c17-11-2-1-3-12(8-11)22-13-5-7-19(10-13)16(21)14-4-6-18-9-15(14)20/h1-4,6,8-9,13,20H,5,7,10H2/t13-/m0/s1. The van der Waals surface area contributed by atoms with E-state index in [9.17, 15) is 9.90 Å². The van der Waals surface area contributed by atoms with Crippen LogP contribution in [0.25, 0.3) is 0 Å². The Bertz CT molecular complexity index is 693. The highest BCUT2D eigenvalue weighted by Gasteiger charge is 2.29. The first kappa shape index (κ1) is 14.7. The molecule has 0 spiro atoms. The number of hydrogen-bond acceptors (Lipinski definition) is 4. The topological polar surface area (TPSA) is 62.7 Å². The van der Waals surface area contributed by atoms with Crippen LogP contribution in [0.5, 0.6) is 11.5 Å². The van der Waals surface area contributed by atoms with Crippen molar-refractivity contribution in [1.29, 1.82) is 0 Å². The first-order valence-electron chi connectivity index (χ1n) is 6.98. The van der Waals surface area contributed by atoms with E-state index in [-0.39, 0.29) is 23.3 Å². The smallest absolute Gasteiger partial charge is 0.257 e. The lowest BCUT2D eigenvalue weighted by molar-refractivity contribution is 0.0769. The molecule has 3 rings (SSSR count). The SMILES string of the molecule is O=C(c1ccncc1O)N1CC[C@H](Oc2cccc(Cl)c2)C1. The molecule has 0 aliphatic carbocycles. The lowest BCUT2D eigenvalue weighted by atomic mass is 10.2. The first-order chi connectivity index (χ1) is 10.6. The first-order valence-corrected chi connectivity index (χ1v) is 7.36. The third-order valence-electron chi connectivity index (χ3n) is 3.56. The quantitative estimate of drug-likeness (QED) is 0.945. The number of amides is 1. The fourth-order valence-corrected chi connectivity index (χ4v) is 2.66. The van der Waals surface area contributed by atoms with Crippen molar-refractivity contribution in [1.82, 2.24) is 9.88 Å². The van der Waals surface area contributed by atoms with Gasteiger partial charge in [-0.05, 0) is 24.3 Å². The molecule has 1 aromatic carbocycles. The number of nitrogens with zero attached hydrogens (tertiary/aromatic N) is 2. The maximum absolute atomic E-state index is 12.4. The third kappa shape index (κ3) is 3.14. The summed E-state index contributed by atoms with van der Waals surface area (Å²) in [5.41, 5.74) is 0.262. The number of benzene rings is 1. The molecule has 0 bridgehead atoms. The Morgan fingerprint density at radius 3 is 3.05 bits per heavy atom. The molecule has 1 aromatic heterocycles. The van der Waals surface area contributed by atoms with Gasteiger partial charge in [-0.25, -0.2) is 0 Å². The van der Waals surface area contributed by atoms with Crippen LogP contribution in [0.1, 0.15) is 16.8 Å². The maximum atomic E-state index is 12.4. The molecule has 0 radical (unpaired) electrons. The molecule has 1 aliphatic heterocycles. The molecule has 1 aliphatic rings. The van der Waals surface area contributed by atoms with Crippen molar-refractivity contribution in [3.8, 4) is 11.5 Å². The summed E-state index contributed by atoms with van der Waals surface area (Å²) in [6.45, 7) is 1.07. The summed E-state index contributed by atoms with van der Waals surface area (Å²) >= 11 is 5.93. The van der Waals surface area contributed by atoms with Crippen molar-refractivity contribution in [2.75, 3.05) is 13.1 Å². The molecule has 2 heterocycles. The van der Waals surface area contributed by atoms with Crippen LogP contribution in [0, 0.1) is 0 Å². The average Bonchev–Trinajstić information content (AvgIpc) is 2.95. The Morgan fingerprint density at radius 1 is 1.41 bits per heavy atom. The molecule has 0 unspecified atom stereocenters. The van der Waals surface area contributed by atoms with Gasteiger partial charge < -0.3 is 14.7 Å². The van der Waals surface area contributed by atoms with E-state index in [0.29, 0.717) is 23.9 Å². The Kier molecular flexibility index (Phi) is 4.15. The van der Waals surface area contributed by atoms with E-state index in [4.69, 9.17) is 16.3 Å². The van der Waals surface area contributed by atoms with Crippen LogP contribution in [0.4, 0.5) is 0 Å². The summed E-state index contributed by atoms with van der Waals surface area (Å²) in [5, 5.41) is 10.3. The second kappa shape index (κ2) is 6.23. The second-order valence-electron chi connectivity index (χ2n) is 5.13. The van der Waals surface area contributed by atoms with Crippen LogP contribution < -0.4 is 4.74 Å². The van der Waals surface area contributed by atoms with Gasteiger partial charge in [0.05, 0.1) is 18.3 Å². The van der Waals surface area contributed by atoms with E-state index in [1.165, 1.54) is 18.5 Å². The van der Waals surface area contributed by atoms with Gasteiger partial charge in [-0.2, -0.15) is 0 Å². The van der Waals surface area contributed by atoms with E-state index >= 15 is 0 Å². The summed E-state index contributed by atoms with van der Waals surface area (Å²) in [7, 11) is 0. The minimum absolute atomic E-state index is 0.0774. The Hall–Kier alpha value is -2.27. The minimum Gasteiger partial charge on any atom is -0.505 e. The Balaban J connectivity index is 1.65. The summed E-state index contributed by atoms with van der Waals surface area (Å²) in [4.78, 5) is 17.8. The van der Waals surface area contributed by atoms with Gasteiger partial charge in [0.2, 0.25) is 0 Å². The van der Waals surface area contributed by atoms with Crippen LogP contribution in [-0.4, -0.2) is 40.1 Å². The van der Waals surface area contributed by atoms with E-state index in [1.54, 1.807) is 17.0 Å². The highest BCUT2D eigenvalue weighted by molar-refractivity contribution is 6.30. The zero-order chi connectivity index (χ0) is 15.5. The van der Waals surface area contributed by atoms with Crippen LogP contribution in [0.2, 0.25) is 5.02 Å². The zero-order valence-electron chi connectivity index (χ0n) is 11.8. The second-order valence-corrected chi connectivity index (χ2v) is 5.57. The van der Waals surface area contributed by atoms with Gasteiger partial charge in [0.1, 0.15) is 17.6 Å². The Labute approximate surface area is 133 Å². The molecule has 22 heavy (non-hydrogen) atoms. The number of hydrogen-bond donors (Lipinski definition) is 1. The van der Waals surface area contributed by atoms with Crippen LogP contribution >= 0.6 is 11.6 Å². The maximum Gasteiger partial charge on any atom is 0.257 e. The average molecular weight is 319 g/mol. The lowest BCUT2D eigenvalue weighted by Gasteiger charge is -2.17. The van der Waals surface area contributed by atoms with Crippen molar-refractivity contribution in [3.63, 3.8) is 0 Å². The molecule has 1 N–H and O–H groups in total. The number of carbonyl (C=O) groups excluding carboxylic acids is 1. The highest BCUT2D eigenvalue weighted by atomic mass is 35.5. The molecular formula is C16H15ClN2O3. The fourth-order valence-electron chi connectivity index (χ4n) is 2.48. The normalized spacial score (nSPS) is 17.5. The summed E-state index contributed by atoms with van der Waals surface area (Å²) in [6.07, 6.45) is 3.42. The van der Waals surface area contributed by atoms with Gasteiger partial charge in [-0.15, -0.1) is 0 Å². The Morgan fingerprint density at radius 2 is 2.27 bits per heavy atom. The largest absolute Gasteiger partial charge is 0.505 e. The van der Waals surface area contributed by atoms with E-state index in [2.05, 4.69) is 4.98 Å². The number of halogens is 1. The van der Waals surface area contributed by atoms with Crippen molar-refractivity contribution >= 4 is 17.5 Å². The van der Waals surface area contributed by atoms with Gasteiger partial charge in [0.25, 0.3) is 5.91 Å². The monoisotopic (exact) mass is 318 g/mol. The summed E-state index contributed by atoms with van der Waals surface area (Å²) in [6, 6.07) is 8.71. The van der Waals surface area contributed by atoms with Crippen LogP contribution in [0.15, 0.2) is 42.7 Å². The van der Waals surface area contributed by atoms with Crippen molar-refractivity contribution in [2.45, 2.75) is 12.5 Å². The third-order valence-corrected chi connectivity index (χ3v) is 3.80. The number of rotatable bonds is 3. The number of ether oxygens (including phenoxy) is 1. The molecule has 6 heteroatoms. The van der Waals surface area contributed by atoms with E-state index < -0.39 is 0 Å². The van der Waals surface area contributed by atoms with E-state index in [0.717, 1.165) is 6.42 Å². The van der Waals surface area contributed by atoms with Gasteiger partial charge in [-0.3, -0.25) is 9.78 Å². The molecule has 5 nitrogen and oxygen atoms in total. The number of aromatic hydroxyl groups is 1. The number of aromatic nitrogens is 1.